The summed E-state index contributed by atoms with van der Waals surface area (Å²) in [7, 11) is 1.77. The molecule has 1 unspecified atom stereocenters. The molecule has 3 rings (SSSR count). The van der Waals surface area contributed by atoms with Crippen molar-refractivity contribution in [2.24, 2.45) is 0 Å². The highest BCUT2D eigenvalue weighted by Gasteiger charge is 2.26. The highest BCUT2D eigenvalue weighted by Crippen LogP contribution is 2.31. The van der Waals surface area contributed by atoms with Crippen LogP contribution in [0.4, 0.5) is 0 Å². The Morgan fingerprint density at radius 1 is 1.39 bits per heavy atom. The first-order chi connectivity index (χ1) is 11.1. The number of fused-ring (bicyclic) bond motifs is 1. The van der Waals surface area contributed by atoms with Crippen molar-refractivity contribution in [3.8, 4) is 11.5 Å². The van der Waals surface area contributed by atoms with Crippen LogP contribution in [0.3, 0.4) is 0 Å². The molecule has 1 aromatic heterocycles. The van der Waals surface area contributed by atoms with E-state index in [1.165, 1.54) is 11.3 Å². The number of rotatable bonds is 4. The Morgan fingerprint density at radius 2 is 2.13 bits per heavy atom. The molecule has 6 heteroatoms. The molecule has 122 valence electrons. The highest BCUT2D eigenvalue weighted by atomic mass is 32.1. The van der Waals surface area contributed by atoms with Gasteiger partial charge in [-0.25, -0.2) is 4.98 Å². The van der Waals surface area contributed by atoms with Crippen LogP contribution < -0.4 is 9.47 Å². The second-order valence-corrected chi connectivity index (χ2v) is 6.79. The quantitative estimate of drug-likeness (QED) is 0.863. The van der Waals surface area contributed by atoms with E-state index < -0.39 is 0 Å². The smallest absolute Gasteiger partial charge is 0.273 e. The van der Waals surface area contributed by atoms with E-state index in [1.54, 1.807) is 17.5 Å². The Labute approximate surface area is 139 Å². The fourth-order valence-electron chi connectivity index (χ4n) is 2.55. The summed E-state index contributed by atoms with van der Waals surface area (Å²) in [6.07, 6.45) is -0.181. The highest BCUT2D eigenvalue weighted by molar-refractivity contribution is 7.10. The summed E-state index contributed by atoms with van der Waals surface area (Å²) in [5, 5.41) is 0. The first-order valence-electron chi connectivity index (χ1n) is 7.63. The van der Waals surface area contributed by atoms with Gasteiger partial charge in [0.15, 0.2) is 17.6 Å². The van der Waals surface area contributed by atoms with Gasteiger partial charge < -0.3 is 14.4 Å². The van der Waals surface area contributed by atoms with Gasteiger partial charge in [0.05, 0.1) is 12.1 Å². The maximum Gasteiger partial charge on any atom is 0.273 e. The molecule has 23 heavy (non-hydrogen) atoms. The van der Waals surface area contributed by atoms with Gasteiger partial charge >= 0.3 is 0 Å². The summed E-state index contributed by atoms with van der Waals surface area (Å²) in [6.45, 7) is 5.03. The Hall–Kier alpha value is -2.08. The number of ether oxygens (including phenoxy) is 2. The number of benzene rings is 1. The predicted molar refractivity (Wildman–Crippen MR) is 89.5 cm³/mol. The van der Waals surface area contributed by atoms with Gasteiger partial charge in [-0.05, 0) is 18.1 Å². The lowest BCUT2D eigenvalue weighted by Gasteiger charge is -2.29. The largest absolute Gasteiger partial charge is 0.486 e. The van der Waals surface area contributed by atoms with E-state index in [0.717, 1.165) is 16.4 Å². The van der Waals surface area contributed by atoms with E-state index in [2.05, 4.69) is 18.8 Å². The van der Waals surface area contributed by atoms with Crippen molar-refractivity contribution in [1.29, 1.82) is 0 Å². The van der Waals surface area contributed by atoms with E-state index in [-0.39, 0.29) is 17.9 Å². The van der Waals surface area contributed by atoms with Gasteiger partial charge in [0.1, 0.15) is 12.3 Å². The zero-order valence-corrected chi connectivity index (χ0v) is 14.3. The van der Waals surface area contributed by atoms with Crippen LogP contribution >= 0.6 is 11.3 Å². The minimum Gasteiger partial charge on any atom is -0.486 e. The molecule has 1 aromatic carbocycles. The van der Waals surface area contributed by atoms with Crippen LogP contribution in [0.25, 0.3) is 0 Å². The van der Waals surface area contributed by atoms with Crippen molar-refractivity contribution >= 4 is 17.2 Å². The van der Waals surface area contributed by atoms with Gasteiger partial charge in [-0.1, -0.05) is 26.0 Å². The Kier molecular flexibility index (Phi) is 4.52. The predicted octanol–water partition coefficient (Wildman–Crippen LogP) is 3.18. The zero-order chi connectivity index (χ0) is 16.4. The van der Waals surface area contributed by atoms with Crippen molar-refractivity contribution in [2.45, 2.75) is 25.9 Å². The van der Waals surface area contributed by atoms with E-state index in [9.17, 15) is 4.79 Å². The monoisotopic (exact) mass is 332 g/mol. The average Bonchev–Trinajstić information content (AvgIpc) is 3.03. The standard InChI is InChI=1S/C17H20N2O3S/c1-11(2)16-15(18-10-23-16)17(20)19(3)8-12-9-21-13-6-4-5-7-14(13)22-12/h4-7,10-12H,8-9H2,1-3H3. The second kappa shape index (κ2) is 6.58. The first kappa shape index (κ1) is 15.8. The van der Waals surface area contributed by atoms with Crippen LogP contribution in [0.15, 0.2) is 29.8 Å². The number of hydrogen-bond donors (Lipinski definition) is 0. The van der Waals surface area contributed by atoms with Gasteiger partial charge in [-0.3, -0.25) is 4.79 Å². The zero-order valence-electron chi connectivity index (χ0n) is 13.5. The van der Waals surface area contributed by atoms with Gasteiger partial charge in [0.2, 0.25) is 0 Å². The van der Waals surface area contributed by atoms with Crippen LogP contribution in [0.2, 0.25) is 0 Å². The summed E-state index contributed by atoms with van der Waals surface area (Å²) >= 11 is 1.53. The van der Waals surface area contributed by atoms with Crippen LogP contribution in [0.5, 0.6) is 11.5 Å². The van der Waals surface area contributed by atoms with Gasteiger partial charge in [-0.2, -0.15) is 0 Å². The molecule has 1 aliphatic rings. The molecule has 0 fully saturated rings. The lowest BCUT2D eigenvalue weighted by molar-refractivity contribution is 0.0517. The lowest BCUT2D eigenvalue weighted by Crippen LogP contribution is -2.42. The summed E-state index contributed by atoms with van der Waals surface area (Å²) < 4.78 is 11.6. The minimum atomic E-state index is -0.181. The molecule has 0 bridgehead atoms. The van der Waals surface area contributed by atoms with Crippen molar-refractivity contribution in [2.75, 3.05) is 20.2 Å². The molecular formula is C17H20N2O3S. The van der Waals surface area contributed by atoms with E-state index in [0.29, 0.717) is 18.8 Å². The molecule has 2 aromatic rings. The SMILES string of the molecule is CC(C)c1scnc1C(=O)N(C)CC1COc2ccccc2O1. The first-order valence-corrected chi connectivity index (χ1v) is 8.51. The number of hydrogen-bond acceptors (Lipinski definition) is 5. The minimum absolute atomic E-state index is 0.0718. The summed E-state index contributed by atoms with van der Waals surface area (Å²) in [4.78, 5) is 19.5. The molecule has 0 saturated carbocycles. The van der Waals surface area contributed by atoms with Crippen LogP contribution in [0, 0.1) is 0 Å². The molecule has 0 radical (unpaired) electrons. The number of thiazole rings is 1. The van der Waals surface area contributed by atoms with Crippen molar-refractivity contribution in [1.82, 2.24) is 9.88 Å². The molecule has 1 aliphatic heterocycles. The Balaban J connectivity index is 1.67. The number of nitrogens with zero attached hydrogens (tertiary/aromatic N) is 2. The maximum atomic E-state index is 12.6. The Morgan fingerprint density at radius 3 is 2.87 bits per heavy atom. The van der Waals surface area contributed by atoms with Gasteiger partial charge in [-0.15, -0.1) is 11.3 Å². The van der Waals surface area contributed by atoms with Crippen LogP contribution in [-0.2, 0) is 0 Å². The number of likely N-dealkylation sites (N-methyl/N-ethyl adjacent to an activating group) is 1. The van der Waals surface area contributed by atoms with Crippen LogP contribution in [0.1, 0.15) is 35.1 Å². The van der Waals surface area contributed by atoms with Crippen LogP contribution in [-0.4, -0.2) is 42.1 Å². The third-order valence-corrected chi connectivity index (χ3v) is 4.84. The van der Waals surface area contributed by atoms with Crippen molar-refractivity contribution in [3.63, 3.8) is 0 Å². The fourth-order valence-corrected chi connectivity index (χ4v) is 3.34. The van der Waals surface area contributed by atoms with E-state index >= 15 is 0 Å². The Bertz CT molecular complexity index is 699. The average molecular weight is 332 g/mol. The lowest BCUT2D eigenvalue weighted by atomic mass is 10.1. The molecule has 1 amide bonds. The molecule has 5 nitrogen and oxygen atoms in total. The molecule has 0 aliphatic carbocycles. The van der Waals surface area contributed by atoms with Gasteiger partial charge in [0, 0.05) is 11.9 Å². The molecule has 2 heterocycles. The van der Waals surface area contributed by atoms with Crippen molar-refractivity contribution in [3.05, 3.63) is 40.3 Å². The summed E-state index contributed by atoms with van der Waals surface area (Å²) in [6, 6.07) is 7.57. The number of carbonyl (C=O) groups excluding carboxylic acids is 1. The summed E-state index contributed by atoms with van der Waals surface area (Å²) in [5.41, 5.74) is 2.27. The number of amides is 1. The molecule has 0 saturated heterocycles. The van der Waals surface area contributed by atoms with E-state index in [1.807, 2.05) is 24.3 Å². The molecule has 1 atom stereocenters. The van der Waals surface area contributed by atoms with Gasteiger partial charge in [0.25, 0.3) is 5.91 Å². The third kappa shape index (κ3) is 3.32. The normalized spacial score (nSPS) is 16.4. The third-order valence-electron chi connectivity index (χ3n) is 3.71. The van der Waals surface area contributed by atoms with Crippen molar-refractivity contribution < 1.29 is 14.3 Å². The number of para-hydroxylation sites is 2. The molecule has 0 spiro atoms. The maximum absolute atomic E-state index is 12.6. The summed E-state index contributed by atoms with van der Waals surface area (Å²) in [5.74, 6) is 1.69. The fraction of sp³-hybridized carbons (Fsp3) is 0.412. The number of aromatic nitrogens is 1. The number of carbonyl (C=O) groups is 1. The second-order valence-electron chi connectivity index (χ2n) is 5.90. The molecule has 0 N–H and O–H groups in total. The topological polar surface area (TPSA) is 51.7 Å². The molecular weight excluding hydrogens is 312 g/mol. The van der Waals surface area contributed by atoms with E-state index in [4.69, 9.17) is 9.47 Å².